The molecule has 0 bridgehead atoms. The molecule has 9 heteroatoms. The van der Waals surface area contributed by atoms with Crippen LogP contribution in [0.4, 0.5) is 5.69 Å². The molecule has 0 aliphatic carbocycles. The molecule has 26 heavy (non-hydrogen) atoms. The number of thioether (sulfide) groups is 2. The van der Waals surface area contributed by atoms with Gasteiger partial charge in [-0.2, -0.15) is 5.10 Å². The maximum absolute atomic E-state index is 12.3. The van der Waals surface area contributed by atoms with E-state index < -0.39 is 10.3 Å². The van der Waals surface area contributed by atoms with Crippen molar-refractivity contribution < 1.29 is 14.3 Å². The molecule has 3 rings (SSSR count). The Morgan fingerprint density at radius 2 is 1.92 bits per heavy atom. The Morgan fingerprint density at radius 3 is 2.46 bits per heavy atom. The van der Waals surface area contributed by atoms with Gasteiger partial charge in [0.25, 0.3) is 0 Å². The number of nitrogens with zero attached hydrogens (tertiary/aromatic N) is 3. The molecule has 6 nitrogen and oxygen atoms in total. The lowest BCUT2D eigenvalue weighted by molar-refractivity contribution is -0.134. The maximum atomic E-state index is 12.3. The minimum Gasteiger partial charge on any atom is -0.461 e. The van der Waals surface area contributed by atoms with Gasteiger partial charge in [0.1, 0.15) is 0 Å². The number of carbonyl (C=O) groups excluding carboxylic acids is 2. The van der Waals surface area contributed by atoms with E-state index in [1.165, 1.54) is 30.4 Å². The molecular weight excluding hydrogens is 394 g/mol. The number of allylic oxidation sites excluding steroid dienone is 2. The van der Waals surface area contributed by atoms with Crippen LogP contribution in [0.2, 0.25) is 5.02 Å². The molecule has 0 saturated heterocycles. The van der Waals surface area contributed by atoms with Gasteiger partial charge in [0.15, 0.2) is 5.78 Å². The number of carbonyl (C=O) groups is 2. The Kier molecular flexibility index (Phi) is 5.28. The topological polar surface area (TPSA) is 62.2 Å². The van der Waals surface area contributed by atoms with Crippen LogP contribution in [0.1, 0.15) is 20.8 Å². The van der Waals surface area contributed by atoms with E-state index in [1.807, 2.05) is 31.0 Å². The molecule has 2 aliphatic rings. The Hall–Kier alpha value is -1.64. The molecule has 138 valence electrons. The van der Waals surface area contributed by atoms with Gasteiger partial charge in [-0.1, -0.05) is 23.4 Å². The van der Waals surface area contributed by atoms with Crippen LogP contribution in [0, 0.1) is 0 Å². The summed E-state index contributed by atoms with van der Waals surface area (Å²) in [5.41, 5.74) is 1.60. The van der Waals surface area contributed by atoms with E-state index in [0.29, 0.717) is 9.93 Å². The van der Waals surface area contributed by atoms with Gasteiger partial charge in [0, 0.05) is 17.8 Å². The first-order valence-corrected chi connectivity index (χ1v) is 9.96. The predicted molar refractivity (Wildman–Crippen MR) is 107 cm³/mol. The maximum Gasteiger partial charge on any atom is 0.365 e. The minimum absolute atomic E-state index is 0.0162. The third-order valence-corrected chi connectivity index (χ3v) is 7.43. The SMILES string of the molecule is CCOC(=O)C1=NN(c2ccc(Cl)cc2)[C@]2(S1)SC(C(C)=O)=C(C)N2C. The van der Waals surface area contributed by atoms with Gasteiger partial charge in [0.2, 0.25) is 9.37 Å². The van der Waals surface area contributed by atoms with Crippen molar-refractivity contribution in [3.8, 4) is 0 Å². The summed E-state index contributed by atoms with van der Waals surface area (Å²) in [6.07, 6.45) is 0. The van der Waals surface area contributed by atoms with Gasteiger partial charge < -0.3 is 9.64 Å². The fraction of sp³-hybridized carbons (Fsp3) is 0.353. The molecule has 0 unspecified atom stereocenters. The zero-order chi connectivity index (χ0) is 19.1. The van der Waals surface area contributed by atoms with Gasteiger partial charge in [-0.15, -0.1) is 0 Å². The average molecular weight is 412 g/mol. The van der Waals surface area contributed by atoms with Crippen LogP contribution in [0.15, 0.2) is 40.0 Å². The van der Waals surface area contributed by atoms with Gasteiger partial charge in [-0.25, -0.2) is 9.80 Å². The molecular formula is C17H18ClN3O3S2. The van der Waals surface area contributed by atoms with E-state index in [4.69, 9.17) is 16.3 Å². The highest BCUT2D eigenvalue weighted by Gasteiger charge is 2.56. The fourth-order valence-corrected chi connectivity index (χ4v) is 5.67. The summed E-state index contributed by atoms with van der Waals surface area (Å²) in [6, 6.07) is 7.19. The van der Waals surface area contributed by atoms with Crippen LogP contribution in [0.5, 0.6) is 0 Å². The van der Waals surface area contributed by atoms with Crippen molar-refractivity contribution in [1.82, 2.24) is 4.90 Å². The lowest BCUT2D eigenvalue weighted by atomic mass is 10.3. The number of halogens is 1. The monoisotopic (exact) mass is 411 g/mol. The Morgan fingerprint density at radius 1 is 1.27 bits per heavy atom. The normalized spacial score (nSPS) is 22.3. The molecule has 1 aromatic rings. The smallest absolute Gasteiger partial charge is 0.365 e. The third kappa shape index (κ3) is 3.10. The summed E-state index contributed by atoms with van der Waals surface area (Å²) in [4.78, 5) is 27.0. The Bertz CT molecular complexity index is 825. The van der Waals surface area contributed by atoms with Gasteiger partial charge in [-0.3, -0.25) is 4.79 Å². The average Bonchev–Trinajstić information content (AvgIpc) is 3.10. The molecule has 0 radical (unpaired) electrons. The summed E-state index contributed by atoms with van der Waals surface area (Å²) in [5.74, 6) is -0.492. The summed E-state index contributed by atoms with van der Waals surface area (Å²) in [5, 5.41) is 7.11. The summed E-state index contributed by atoms with van der Waals surface area (Å²) >= 11 is 8.66. The number of hydrogen-bond donors (Lipinski definition) is 0. The summed E-state index contributed by atoms with van der Waals surface area (Å²) in [7, 11) is 1.89. The Balaban J connectivity index is 2.05. The highest BCUT2D eigenvalue weighted by Crippen LogP contribution is 2.58. The van der Waals surface area contributed by atoms with Crippen molar-refractivity contribution >= 4 is 57.6 Å². The lowest BCUT2D eigenvalue weighted by Gasteiger charge is -2.39. The molecule has 0 saturated carbocycles. The van der Waals surface area contributed by atoms with Gasteiger partial charge >= 0.3 is 5.97 Å². The number of ketones is 1. The number of anilines is 1. The van der Waals surface area contributed by atoms with Crippen LogP contribution in [0.25, 0.3) is 0 Å². The molecule has 0 amide bonds. The molecule has 2 aliphatic heterocycles. The first-order valence-electron chi connectivity index (χ1n) is 7.95. The number of hydrogen-bond acceptors (Lipinski definition) is 8. The second kappa shape index (κ2) is 7.17. The van der Waals surface area contributed by atoms with Crippen molar-refractivity contribution in [3.05, 3.63) is 39.9 Å². The predicted octanol–water partition coefficient (Wildman–Crippen LogP) is 3.88. The van der Waals surface area contributed by atoms with E-state index in [2.05, 4.69) is 5.10 Å². The summed E-state index contributed by atoms with van der Waals surface area (Å²) < 4.78 is 4.32. The van der Waals surface area contributed by atoms with E-state index in [1.54, 1.807) is 24.1 Å². The fourth-order valence-electron chi connectivity index (χ4n) is 2.66. The van der Waals surface area contributed by atoms with Crippen LogP contribution < -0.4 is 5.01 Å². The molecule has 2 heterocycles. The van der Waals surface area contributed by atoms with Crippen molar-refractivity contribution in [2.75, 3.05) is 18.7 Å². The molecule has 0 fully saturated rings. The highest BCUT2D eigenvalue weighted by molar-refractivity contribution is 8.28. The quantitative estimate of drug-likeness (QED) is 0.696. The molecule has 1 aromatic carbocycles. The van der Waals surface area contributed by atoms with E-state index in [9.17, 15) is 9.59 Å². The van der Waals surface area contributed by atoms with Crippen LogP contribution >= 0.6 is 35.1 Å². The van der Waals surface area contributed by atoms with Crippen LogP contribution in [0.3, 0.4) is 0 Å². The van der Waals surface area contributed by atoms with Crippen molar-refractivity contribution in [2.24, 2.45) is 5.10 Å². The number of rotatable bonds is 4. The standard InChI is InChI=1S/C17H18ClN3O3S2/c1-5-24-16(23)15-19-21(13-8-6-12(18)7-9-13)17(26-15)20(4)10(2)14(25-17)11(3)22/h6-9H,5H2,1-4H3/t17-/m0/s1. The van der Waals surface area contributed by atoms with E-state index in [-0.39, 0.29) is 17.4 Å². The lowest BCUT2D eigenvalue weighted by Crippen LogP contribution is -2.47. The van der Waals surface area contributed by atoms with Crippen LogP contribution in [-0.2, 0) is 14.3 Å². The minimum atomic E-state index is -0.805. The summed E-state index contributed by atoms with van der Waals surface area (Å²) in [6.45, 7) is 5.45. The number of ether oxygens (including phenoxy) is 1. The second-order valence-corrected chi connectivity index (χ2v) is 8.73. The van der Waals surface area contributed by atoms with Crippen molar-refractivity contribution in [1.29, 1.82) is 0 Å². The zero-order valence-corrected chi connectivity index (χ0v) is 17.2. The van der Waals surface area contributed by atoms with Crippen molar-refractivity contribution in [2.45, 2.75) is 25.1 Å². The van der Waals surface area contributed by atoms with E-state index >= 15 is 0 Å². The number of benzene rings is 1. The molecule has 1 spiro atoms. The number of esters is 1. The highest BCUT2D eigenvalue weighted by atomic mass is 35.5. The molecule has 0 N–H and O–H groups in total. The first-order chi connectivity index (χ1) is 12.3. The number of hydrazone groups is 1. The third-order valence-electron chi connectivity index (χ3n) is 4.02. The number of Topliss-reactive ketones (excluding diaryl/α,β-unsaturated/α-hetero) is 1. The van der Waals surface area contributed by atoms with Crippen LogP contribution in [-0.4, -0.2) is 39.7 Å². The van der Waals surface area contributed by atoms with E-state index in [0.717, 1.165) is 11.4 Å². The molecule has 0 aromatic heterocycles. The first kappa shape index (κ1) is 19.1. The molecule has 1 atom stereocenters. The second-order valence-electron chi connectivity index (χ2n) is 5.70. The zero-order valence-electron chi connectivity index (χ0n) is 14.8. The van der Waals surface area contributed by atoms with Gasteiger partial charge in [-0.05, 0) is 56.8 Å². The van der Waals surface area contributed by atoms with Gasteiger partial charge in [0.05, 0.1) is 17.2 Å². The largest absolute Gasteiger partial charge is 0.461 e. The Labute approximate surface area is 165 Å². The van der Waals surface area contributed by atoms with Crippen molar-refractivity contribution in [3.63, 3.8) is 0 Å².